The van der Waals surface area contributed by atoms with Crippen LogP contribution in [0, 0.1) is 5.92 Å². The Kier molecular flexibility index (Phi) is 3.98. The molecular weight excluding hydrogens is 154 g/mol. The number of aliphatic hydroxyl groups is 1. The summed E-state index contributed by atoms with van der Waals surface area (Å²) < 4.78 is 5.25. The summed E-state index contributed by atoms with van der Waals surface area (Å²) in [7, 11) is 0. The van der Waals surface area contributed by atoms with Crippen LogP contribution in [0.3, 0.4) is 0 Å². The van der Waals surface area contributed by atoms with Crippen molar-refractivity contribution in [1.82, 2.24) is 4.90 Å². The van der Waals surface area contributed by atoms with Crippen LogP contribution >= 0.6 is 0 Å². The molecule has 0 amide bonds. The fourth-order valence-electron chi connectivity index (χ4n) is 1.66. The lowest BCUT2D eigenvalue weighted by Crippen LogP contribution is -2.47. The maximum atomic E-state index is 9.17. The van der Waals surface area contributed by atoms with Gasteiger partial charge in [0.1, 0.15) is 0 Å². The normalized spacial score (nSPS) is 23.0. The molecule has 0 aliphatic carbocycles. The zero-order valence-corrected chi connectivity index (χ0v) is 7.99. The molecule has 1 unspecified atom stereocenters. The Morgan fingerprint density at radius 3 is 2.33 bits per heavy atom. The summed E-state index contributed by atoms with van der Waals surface area (Å²) in [5.74, 6) is 0.521. The molecule has 1 N–H and O–H groups in total. The SMILES string of the molecule is CC(C)C(CO)N1CCOCC1. The molecule has 1 fully saturated rings. The van der Waals surface area contributed by atoms with Crippen molar-refractivity contribution in [2.45, 2.75) is 19.9 Å². The van der Waals surface area contributed by atoms with Crippen LogP contribution in [0.4, 0.5) is 0 Å². The molecule has 0 aromatic rings. The van der Waals surface area contributed by atoms with Crippen molar-refractivity contribution in [3.63, 3.8) is 0 Å². The van der Waals surface area contributed by atoms with Gasteiger partial charge in [-0.25, -0.2) is 0 Å². The van der Waals surface area contributed by atoms with Gasteiger partial charge in [0, 0.05) is 19.1 Å². The van der Waals surface area contributed by atoms with Gasteiger partial charge in [-0.2, -0.15) is 0 Å². The molecule has 3 nitrogen and oxygen atoms in total. The minimum atomic E-state index is 0.262. The van der Waals surface area contributed by atoms with Crippen molar-refractivity contribution in [1.29, 1.82) is 0 Å². The summed E-state index contributed by atoms with van der Waals surface area (Å²) in [6, 6.07) is 0.314. The second-order valence-corrected chi connectivity index (χ2v) is 3.64. The lowest BCUT2D eigenvalue weighted by molar-refractivity contribution is -0.00887. The second kappa shape index (κ2) is 4.80. The van der Waals surface area contributed by atoms with Crippen LogP contribution in [0.5, 0.6) is 0 Å². The Bertz CT molecular complexity index is 122. The third-order valence-corrected chi connectivity index (χ3v) is 2.47. The first-order valence-electron chi connectivity index (χ1n) is 4.68. The lowest BCUT2D eigenvalue weighted by atomic mass is 10.0. The van der Waals surface area contributed by atoms with Crippen LogP contribution < -0.4 is 0 Å². The number of ether oxygens (including phenoxy) is 1. The molecule has 1 aliphatic rings. The van der Waals surface area contributed by atoms with E-state index < -0.39 is 0 Å². The highest BCUT2D eigenvalue weighted by molar-refractivity contribution is 4.75. The predicted molar refractivity (Wildman–Crippen MR) is 48.1 cm³/mol. The Labute approximate surface area is 74.3 Å². The third kappa shape index (κ3) is 2.44. The fraction of sp³-hybridized carbons (Fsp3) is 1.00. The number of rotatable bonds is 3. The van der Waals surface area contributed by atoms with E-state index in [0.717, 1.165) is 26.3 Å². The van der Waals surface area contributed by atoms with Crippen molar-refractivity contribution in [3.8, 4) is 0 Å². The van der Waals surface area contributed by atoms with Crippen molar-refractivity contribution in [3.05, 3.63) is 0 Å². The van der Waals surface area contributed by atoms with E-state index in [-0.39, 0.29) is 6.61 Å². The zero-order valence-electron chi connectivity index (χ0n) is 7.99. The molecular formula is C9H19NO2. The number of hydrogen-bond acceptors (Lipinski definition) is 3. The number of morpholine rings is 1. The molecule has 1 saturated heterocycles. The minimum Gasteiger partial charge on any atom is -0.395 e. The molecule has 0 saturated carbocycles. The van der Waals surface area contributed by atoms with Crippen LogP contribution in [0.15, 0.2) is 0 Å². The molecule has 0 bridgehead atoms. The van der Waals surface area contributed by atoms with Gasteiger partial charge < -0.3 is 9.84 Å². The van der Waals surface area contributed by atoms with Gasteiger partial charge in [0.05, 0.1) is 19.8 Å². The zero-order chi connectivity index (χ0) is 8.97. The van der Waals surface area contributed by atoms with Gasteiger partial charge in [0.15, 0.2) is 0 Å². The molecule has 1 atom stereocenters. The summed E-state index contributed by atoms with van der Waals surface area (Å²) in [6.45, 7) is 8.10. The van der Waals surface area contributed by atoms with E-state index in [4.69, 9.17) is 9.84 Å². The fourth-order valence-corrected chi connectivity index (χ4v) is 1.66. The molecule has 0 aromatic heterocycles. The van der Waals surface area contributed by atoms with Gasteiger partial charge in [-0.1, -0.05) is 13.8 Å². The van der Waals surface area contributed by atoms with Crippen molar-refractivity contribution < 1.29 is 9.84 Å². The number of hydrogen-bond donors (Lipinski definition) is 1. The Morgan fingerprint density at radius 2 is 1.92 bits per heavy atom. The molecule has 0 radical (unpaired) electrons. The van der Waals surface area contributed by atoms with Crippen LogP contribution in [0.25, 0.3) is 0 Å². The maximum absolute atomic E-state index is 9.17. The van der Waals surface area contributed by atoms with Crippen LogP contribution in [0.2, 0.25) is 0 Å². The minimum absolute atomic E-state index is 0.262. The first-order chi connectivity index (χ1) is 5.75. The monoisotopic (exact) mass is 173 g/mol. The van der Waals surface area contributed by atoms with Gasteiger partial charge in [-0.05, 0) is 5.92 Å². The topological polar surface area (TPSA) is 32.7 Å². The van der Waals surface area contributed by atoms with E-state index in [0.29, 0.717) is 12.0 Å². The Hall–Kier alpha value is -0.120. The van der Waals surface area contributed by atoms with Crippen molar-refractivity contribution in [2.24, 2.45) is 5.92 Å². The maximum Gasteiger partial charge on any atom is 0.0594 e. The van der Waals surface area contributed by atoms with E-state index in [2.05, 4.69) is 18.7 Å². The van der Waals surface area contributed by atoms with Crippen LogP contribution in [-0.4, -0.2) is 49.0 Å². The quantitative estimate of drug-likeness (QED) is 0.668. The largest absolute Gasteiger partial charge is 0.395 e. The molecule has 3 heteroatoms. The average Bonchev–Trinajstić information content (AvgIpc) is 2.07. The van der Waals surface area contributed by atoms with E-state index in [1.54, 1.807) is 0 Å². The van der Waals surface area contributed by atoms with Gasteiger partial charge in [0.25, 0.3) is 0 Å². The standard InChI is InChI=1S/C9H19NO2/c1-8(2)9(7-11)10-3-5-12-6-4-10/h8-9,11H,3-7H2,1-2H3. The Morgan fingerprint density at radius 1 is 1.33 bits per heavy atom. The van der Waals surface area contributed by atoms with E-state index >= 15 is 0 Å². The van der Waals surface area contributed by atoms with Gasteiger partial charge in [-0.15, -0.1) is 0 Å². The lowest BCUT2D eigenvalue weighted by Gasteiger charge is -2.35. The molecule has 0 aromatic carbocycles. The van der Waals surface area contributed by atoms with Gasteiger partial charge in [-0.3, -0.25) is 4.90 Å². The highest BCUT2D eigenvalue weighted by Crippen LogP contribution is 2.11. The third-order valence-electron chi connectivity index (χ3n) is 2.47. The first-order valence-corrected chi connectivity index (χ1v) is 4.68. The predicted octanol–water partition coefficient (Wildman–Crippen LogP) is 0.335. The van der Waals surface area contributed by atoms with Gasteiger partial charge in [0.2, 0.25) is 0 Å². The number of aliphatic hydroxyl groups excluding tert-OH is 1. The van der Waals surface area contributed by atoms with E-state index in [1.165, 1.54) is 0 Å². The smallest absolute Gasteiger partial charge is 0.0594 e. The molecule has 72 valence electrons. The average molecular weight is 173 g/mol. The molecule has 1 rings (SSSR count). The summed E-state index contributed by atoms with van der Waals surface area (Å²) in [4.78, 5) is 2.31. The van der Waals surface area contributed by atoms with Crippen molar-refractivity contribution in [2.75, 3.05) is 32.9 Å². The highest BCUT2D eigenvalue weighted by Gasteiger charge is 2.22. The van der Waals surface area contributed by atoms with E-state index in [1.807, 2.05) is 0 Å². The van der Waals surface area contributed by atoms with Crippen LogP contribution in [0.1, 0.15) is 13.8 Å². The summed E-state index contributed by atoms with van der Waals surface area (Å²) in [5, 5.41) is 9.17. The summed E-state index contributed by atoms with van der Waals surface area (Å²) in [6.07, 6.45) is 0. The van der Waals surface area contributed by atoms with Gasteiger partial charge >= 0.3 is 0 Å². The highest BCUT2D eigenvalue weighted by atomic mass is 16.5. The van der Waals surface area contributed by atoms with E-state index in [9.17, 15) is 0 Å². The molecule has 1 aliphatic heterocycles. The molecule has 1 heterocycles. The Balaban J connectivity index is 2.40. The van der Waals surface area contributed by atoms with Crippen LogP contribution in [-0.2, 0) is 4.74 Å². The molecule has 0 spiro atoms. The van der Waals surface area contributed by atoms with Crippen molar-refractivity contribution >= 4 is 0 Å². The number of nitrogens with zero attached hydrogens (tertiary/aromatic N) is 1. The molecule has 12 heavy (non-hydrogen) atoms. The summed E-state index contributed by atoms with van der Waals surface area (Å²) >= 11 is 0. The summed E-state index contributed by atoms with van der Waals surface area (Å²) in [5.41, 5.74) is 0. The second-order valence-electron chi connectivity index (χ2n) is 3.64. The first kappa shape index (κ1) is 9.96.